The predicted octanol–water partition coefficient (Wildman–Crippen LogP) is -1.31. The van der Waals surface area contributed by atoms with Crippen LogP contribution in [0.3, 0.4) is 0 Å². The van der Waals surface area contributed by atoms with Gasteiger partial charge in [-0.25, -0.2) is 0 Å². The van der Waals surface area contributed by atoms with Crippen LogP contribution < -0.4 is 10.2 Å². The summed E-state index contributed by atoms with van der Waals surface area (Å²) in [6.45, 7) is 2.39. The molecule has 4 nitrogen and oxygen atoms in total. The first kappa shape index (κ1) is 15.8. The largest absolute Gasteiger partial charge is 2.00 e. The summed E-state index contributed by atoms with van der Waals surface area (Å²) in [5, 5.41) is 30.1. The van der Waals surface area contributed by atoms with E-state index in [2.05, 4.69) is 0 Å². The van der Waals surface area contributed by atoms with E-state index in [0.29, 0.717) is 0 Å². The average Bonchev–Trinajstić information content (AvgIpc) is 1.25. The Morgan fingerprint density at radius 3 is 1.00 bits per heavy atom. The summed E-state index contributed by atoms with van der Waals surface area (Å²) >= 11 is 0. The Hall–Kier alpha value is -0.398. The summed E-state index contributed by atoms with van der Waals surface area (Å²) < 4.78 is 0. The van der Waals surface area contributed by atoms with Crippen LogP contribution in [0.15, 0.2) is 0 Å². The molecule has 0 aliphatic rings. The van der Waals surface area contributed by atoms with E-state index < -0.39 is 11.8 Å². The van der Waals surface area contributed by atoms with Gasteiger partial charge >= 0.3 is 20.4 Å². The minimum atomic E-state index is -0.583. The van der Waals surface area contributed by atoms with Crippen molar-refractivity contribution >= 4 is 11.8 Å². The van der Waals surface area contributed by atoms with Gasteiger partial charge in [-0.1, -0.05) is 0 Å². The van der Waals surface area contributed by atoms with E-state index in [-0.39, 0.29) is 20.4 Å². The Balaban J connectivity index is -0.0000000720. The number of hydrogen-bond acceptors (Lipinski definition) is 4. The minimum absolute atomic E-state index is 0. The first-order valence-electron chi connectivity index (χ1n) is 1.91. The van der Waals surface area contributed by atoms with Crippen molar-refractivity contribution in [3.63, 3.8) is 0 Å². The maximum Gasteiger partial charge on any atom is 2.00 e. The first-order valence-corrected chi connectivity index (χ1v) is 1.91. The van der Waals surface area contributed by atoms with E-state index in [9.17, 15) is 0 Å². The fourth-order valence-electron chi connectivity index (χ4n) is 0. The van der Waals surface area contributed by atoms with Crippen molar-refractivity contribution in [2.75, 3.05) is 0 Å². The summed E-state index contributed by atoms with van der Waals surface area (Å²) in [6, 6.07) is 0. The van der Waals surface area contributed by atoms with E-state index >= 15 is 0 Å². The topological polar surface area (TPSA) is 93.8 Å². The summed E-state index contributed by atoms with van der Waals surface area (Å²) in [6.07, 6.45) is 0. The fraction of sp³-hybridized carbons (Fsp3) is 0.500. The maximum absolute atomic E-state index is 9.11. The van der Waals surface area contributed by atoms with Crippen molar-refractivity contribution in [2.24, 2.45) is 0 Å². The van der Waals surface area contributed by atoms with Crippen LogP contribution in [-0.4, -0.2) is 11.8 Å². The molecule has 5 heteroatoms. The minimum Gasteiger partial charge on any atom is -0.862 e. The SMILES string of the molecule is CC(=N)[O-].CC(=N)[O-].[Pd+2]. The molecule has 0 saturated heterocycles. The second kappa shape index (κ2) is 10.6. The number of rotatable bonds is 0. The maximum atomic E-state index is 9.11. The van der Waals surface area contributed by atoms with Gasteiger partial charge in [-0.3, -0.25) is 0 Å². The fourth-order valence-corrected chi connectivity index (χ4v) is 0. The van der Waals surface area contributed by atoms with Gasteiger partial charge in [0.05, 0.1) is 0 Å². The Bertz CT molecular complexity index is 74.6. The molecule has 0 aliphatic heterocycles. The number of nitrogens with one attached hydrogen (secondary N) is 2. The Morgan fingerprint density at radius 2 is 1.00 bits per heavy atom. The molecule has 0 heterocycles. The molecule has 2 N–H and O–H groups in total. The van der Waals surface area contributed by atoms with Gasteiger partial charge in [0, 0.05) is 0 Å². The van der Waals surface area contributed by atoms with E-state index in [1.54, 1.807) is 0 Å². The Labute approximate surface area is 67.6 Å². The van der Waals surface area contributed by atoms with Gasteiger partial charge in [-0.2, -0.15) is 0 Å². The van der Waals surface area contributed by atoms with E-state index in [0.717, 1.165) is 0 Å². The van der Waals surface area contributed by atoms with Crippen LogP contribution in [0.1, 0.15) is 13.8 Å². The summed E-state index contributed by atoms with van der Waals surface area (Å²) in [5.74, 6) is -1.17. The van der Waals surface area contributed by atoms with Crippen LogP contribution in [0.4, 0.5) is 0 Å². The van der Waals surface area contributed by atoms with Crippen molar-refractivity contribution < 1.29 is 30.6 Å². The standard InChI is InChI=1S/2C2H5NO.Pd/c2*1-2(3)4;/h2*1H3,(H2,3,4);/q;;+2/p-2. The molecule has 0 aromatic heterocycles. The van der Waals surface area contributed by atoms with Crippen molar-refractivity contribution in [3.8, 4) is 0 Å². The molecule has 9 heavy (non-hydrogen) atoms. The molecule has 0 amide bonds. The van der Waals surface area contributed by atoms with Gasteiger partial charge in [-0.05, 0) is 25.6 Å². The van der Waals surface area contributed by atoms with Crippen LogP contribution in [-0.2, 0) is 20.4 Å². The van der Waals surface area contributed by atoms with Gasteiger partial charge in [0.25, 0.3) is 0 Å². The monoisotopic (exact) mass is 222 g/mol. The Morgan fingerprint density at radius 1 is 1.00 bits per heavy atom. The van der Waals surface area contributed by atoms with Crippen molar-refractivity contribution in [3.05, 3.63) is 0 Å². The van der Waals surface area contributed by atoms with Gasteiger partial charge in [0.2, 0.25) is 0 Å². The molecule has 0 fully saturated rings. The molecule has 0 atom stereocenters. The van der Waals surface area contributed by atoms with Crippen molar-refractivity contribution in [2.45, 2.75) is 13.8 Å². The zero-order valence-corrected chi connectivity index (χ0v) is 6.69. The molecule has 0 rings (SSSR count). The molecule has 0 unspecified atom stereocenters. The zero-order chi connectivity index (χ0) is 7.15. The molecule has 0 aromatic rings. The van der Waals surface area contributed by atoms with Crippen LogP contribution in [0.5, 0.6) is 0 Å². The van der Waals surface area contributed by atoms with E-state index in [1.165, 1.54) is 13.8 Å². The third kappa shape index (κ3) is 1510. The van der Waals surface area contributed by atoms with Crippen molar-refractivity contribution in [1.29, 1.82) is 10.8 Å². The van der Waals surface area contributed by atoms with Gasteiger partial charge in [-0.15, -0.1) is 0 Å². The van der Waals surface area contributed by atoms with Gasteiger partial charge in [0.1, 0.15) is 0 Å². The Kier molecular flexibility index (Phi) is 18.6. The van der Waals surface area contributed by atoms with Crippen LogP contribution >= 0.6 is 0 Å². The third-order valence-corrected chi connectivity index (χ3v) is 0. The van der Waals surface area contributed by atoms with E-state index in [1.807, 2.05) is 0 Å². The zero-order valence-electron chi connectivity index (χ0n) is 5.13. The van der Waals surface area contributed by atoms with Crippen LogP contribution in [0.2, 0.25) is 0 Å². The molecule has 0 bridgehead atoms. The first-order chi connectivity index (χ1) is 3.46. The molecule has 0 aliphatic carbocycles. The van der Waals surface area contributed by atoms with Crippen molar-refractivity contribution in [1.82, 2.24) is 0 Å². The molecule has 0 spiro atoms. The summed E-state index contributed by atoms with van der Waals surface area (Å²) in [4.78, 5) is 0. The predicted molar refractivity (Wildman–Crippen MR) is 26.8 cm³/mol. The van der Waals surface area contributed by atoms with Gasteiger partial charge in [0.15, 0.2) is 0 Å². The second-order valence-corrected chi connectivity index (χ2v) is 1.11. The molecule has 0 aromatic carbocycles. The number of hydrogen-bond donors (Lipinski definition) is 2. The average molecular weight is 223 g/mol. The third-order valence-electron chi connectivity index (χ3n) is 0. The second-order valence-electron chi connectivity index (χ2n) is 1.11. The molecule has 0 saturated carbocycles. The molecular weight excluding hydrogens is 214 g/mol. The molecule has 0 radical (unpaired) electrons. The van der Waals surface area contributed by atoms with Crippen LogP contribution in [0, 0.1) is 10.8 Å². The molecule has 56 valence electrons. The van der Waals surface area contributed by atoms with Gasteiger partial charge < -0.3 is 21.0 Å². The van der Waals surface area contributed by atoms with Crippen LogP contribution in [0.25, 0.3) is 0 Å². The van der Waals surface area contributed by atoms with E-state index in [4.69, 9.17) is 21.0 Å². The smallest absolute Gasteiger partial charge is 0.862 e. The normalized spacial score (nSPS) is 5.56. The molecular formula is C4H8N2O2Pd. The summed E-state index contributed by atoms with van der Waals surface area (Å²) in [5.41, 5.74) is 0. The summed E-state index contributed by atoms with van der Waals surface area (Å²) in [7, 11) is 0. The quantitative estimate of drug-likeness (QED) is 0.302.